The highest BCUT2D eigenvalue weighted by molar-refractivity contribution is 5.92. The number of fused-ring (bicyclic) bond motifs is 4. The summed E-state index contributed by atoms with van der Waals surface area (Å²) >= 11 is 0. The molecule has 1 amide bonds. The van der Waals surface area contributed by atoms with E-state index < -0.39 is 0 Å². The van der Waals surface area contributed by atoms with Gasteiger partial charge in [0, 0.05) is 124 Å². The first-order valence-electron chi connectivity index (χ1n) is 21.0. The third kappa shape index (κ3) is 11.0. The Hall–Kier alpha value is -4.83. The Morgan fingerprint density at radius 1 is 0.569 bits per heavy atom. The van der Waals surface area contributed by atoms with Crippen LogP contribution in [0.5, 0.6) is 0 Å². The second kappa shape index (κ2) is 20.2. The van der Waals surface area contributed by atoms with E-state index in [0.717, 1.165) is 82.4 Å². The van der Waals surface area contributed by atoms with Gasteiger partial charge in [-0.3, -0.25) is 4.79 Å². The topological polar surface area (TPSA) is 67.4 Å². The molecule has 310 valence electrons. The summed E-state index contributed by atoms with van der Waals surface area (Å²) < 4.78 is 5.95. The Labute approximate surface area is 348 Å². The van der Waals surface area contributed by atoms with E-state index in [9.17, 15) is 4.79 Å². The molecule has 0 aliphatic heterocycles. The number of anilines is 2. The summed E-state index contributed by atoms with van der Waals surface area (Å²) in [6, 6.07) is 31.8. The Kier molecular flexibility index (Phi) is 15.4. The summed E-state index contributed by atoms with van der Waals surface area (Å²) in [5.41, 5.74) is 10.1. The van der Waals surface area contributed by atoms with Gasteiger partial charge in [0.2, 0.25) is 28.0 Å². The van der Waals surface area contributed by atoms with E-state index in [1.54, 1.807) is 0 Å². The van der Waals surface area contributed by atoms with Crippen LogP contribution in [-0.2, 0) is 31.0 Å². The average molecular weight is 788 g/mol. The van der Waals surface area contributed by atoms with Gasteiger partial charge in [-0.25, -0.2) is 0 Å². The lowest BCUT2D eigenvalue weighted by molar-refractivity contribution is -0.892. The summed E-state index contributed by atoms with van der Waals surface area (Å²) in [7, 11) is 17.0. The molecule has 4 aromatic carbocycles. The molecule has 58 heavy (non-hydrogen) atoms. The zero-order valence-electron chi connectivity index (χ0n) is 35.9. The van der Waals surface area contributed by atoms with E-state index in [4.69, 9.17) is 0 Å². The SMILES string of the molecule is C.CNCc1ccc2cc3ccc(CNC)cc3[n+](CCC[N+](C)(C)CCCNC(=O)CCCCC[n+]3c4cc(N(C)C)ccc4cc4ccc(N(C)C)cc43)c2c1. The van der Waals surface area contributed by atoms with Gasteiger partial charge >= 0.3 is 0 Å². The zero-order chi connectivity index (χ0) is 40.5. The number of hydrogen-bond donors (Lipinski definition) is 3. The van der Waals surface area contributed by atoms with Gasteiger partial charge in [-0.2, -0.15) is 9.13 Å². The second-order valence-corrected chi connectivity index (χ2v) is 17.0. The molecular formula is C49H71N8O+3. The van der Waals surface area contributed by atoms with Gasteiger partial charge in [-0.05, 0) is 86.6 Å². The normalized spacial score (nSPS) is 11.7. The molecule has 0 saturated carbocycles. The predicted octanol–water partition coefficient (Wildman–Crippen LogP) is 7.31. The standard InChI is InChI=1S/C48H66N8O.CH4/c1-49-34-36-15-17-38-30-39-18-16-37(35-50-2)29-45(39)55(44(38)28-36)25-13-27-56(7,8)26-12-23-51-48(57)14-10-9-11-24-54-46-32-42(52(3)4)21-19-40(46)31-41-20-22-43(53(5)6)33-47(41)54;/h15-22,28-33,49-50H,9-14,23-27,34-35H2,1-8H3;1H4/q+2;/p+1. The molecular weight excluding hydrogens is 717 g/mol. The summed E-state index contributed by atoms with van der Waals surface area (Å²) in [6.07, 6.45) is 5.56. The molecule has 0 fully saturated rings. The number of aryl methyl sites for hydroxylation is 2. The molecule has 9 heteroatoms. The molecule has 0 bridgehead atoms. The number of carbonyl (C=O) groups excluding carboxylic acids is 1. The van der Waals surface area contributed by atoms with Crippen LogP contribution in [0.1, 0.15) is 57.1 Å². The van der Waals surface area contributed by atoms with Gasteiger partial charge in [0.25, 0.3) is 0 Å². The van der Waals surface area contributed by atoms with Crippen LogP contribution in [0.4, 0.5) is 11.4 Å². The quantitative estimate of drug-likeness (QED) is 0.0328. The number of nitrogens with one attached hydrogen (secondary N) is 3. The monoisotopic (exact) mass is 788 g/mol. The molecule has 2 heterocycles. The summed E-state index contributed by atoms with van der Waals surface area (Å²) in [5.74, 6) is 0.171. The maximum absolute atomic E-state index is 12.9. The number of rotatable bonds is 20. The molecule has 6 rings (SSSR count). The van der Waals surface area contributed by atoms with E-state index in [2.05, 4.69) is 162 Å². The minimum absolute atomic E-state index is 0. The lowest BCUT2D eigenvalue weighted by Gasteiger charge is -2.29. The Morgan fingerprint density at radius 3 is 1.50 bits per heavy atom. The first-order valence-corrected chi connectivity index (χ1v) is 21.0. The molecule has 9 nitrogen and oxygen atoms in total. The molecule has 0 radical (unpaired) electrons. The number of carbonyl (C=O) groups is 1. The third-order valence-electron chi connectivity index (χ3n) is 11.5. The van der Waals surface area contributed by atoms with Gasteiger partial charge in [-0.1, -0.05) is 19.6 Å². The number of pyridine rings is 2. The number of amides is 1. The van der Waals surface area contributed by atoms with Crippen molar-refractivity contribution in [3.8, 4) is 0 Å². The minimum atomic E-state index is 0. The van der Waals surface area contributed by atoms with Crippen molar-refractivity contribution >= 4 is 60.9 Å². The van der Waals surface area contributed by atoms with Crippen molar-refractivity contribution in [2.45, 2.75) is 72.1 Å². The molecule has 3 N–H and O–H groups in total. The fourth-order valence-electron chi connectivity index (χ4n) is 8.25. The highest BCUT2D eigenvalue weighted by Gasteiger charge is 2.21. The van der Waals surface area contributed by atoms with Gasteiger partial charge < -0.3 is 30.2 Å². The fourth-order valence-corrected chi connectivity index (χ4v) is 8.25. The van der Waals surface area contributed by atoms with Crippen LogP contribution in [0.25, 0.3) is 43.6 Å². The van der Waals surface area contributed by atoms with Crippen LogP contribution in [0.3, 0.4) is 0 Å². The smallest absolute Gasteiger partial charge is 0.219 e. The van der Waals surface area contributed by atoms with Crippen LogP contribution in [0.2, 0.25) is 0 Å². The number of aromatic nitrogens is 2. The number of benzene rings is 4. The molecule has 0 atom stereocenters. The maximum Gasteiger partial charge on any atom is 0.219 e. The van der Waals surface area contributed by atoms with Crippen LogP contribution < -0.4 is 34.9 Å². The van der Waals surface area contributed by atoms with E-state index in [1.807, 2.05) is 14.1 Å². The molecule has 0 aliphatic carbocycles. The average Bonchev–Trinajstić information content (AvgIpc) is 3.18. The third-order valence-corrected chi connectivity index (χ3v) is 11.5. The largest absolute Gasteiger partial charge is 0.377 e. The zero-order valence-corrected chi connectivity index (χ0v) is 35.9. The minimum Gasteiger partial charge on any atom is -0.377 e. The van der Waals surface area contributed by atoms with Crippen molar-refractivity contribution in [1.29, 1.82) is 0 Å². The lowest BCUT2D eigenvalue weighted by atomic mass is 10.1. The van der Waals surface area contributed by atoms with Crippen molar-refractivity contribution in [3.05, 3.63) is 96.1 Å². The van der Waals surface area contributed by atoms with Crippen LogP contribution in [0.15, 0.2) is 84.9 Å². The van der Waals surface area contributed by atoms with Crippen molar-refractivity contribution < 1.29 is 18.4 Å². The molecule has 2 aromatic heterocycles. The van der Waals surface area contributed by atoms with Crippen molar-refractivity contribution in [2.75, 3.05) is 85.8 Å². The number of nitrogens with zero attached hydrogens (tertiary/aromatic N) is 5. The van der Waals surface area contributed by atoms with Crippen molar-refractivity contribution in [2.24, 2.45) is 0 Å². The lowest BCUT2D eigenvalue weighted by Crippen LogP contribution is -2.45. The van der Waals surface area contributed by atoms with Crippen LogP contribution in [-0.4, -0.2) is 86.4 Å². The molecule has 6 aromatic rings. The van der Waals surface area contributed by atoms with Gasteiger partial charge in [0.1, 0.15) is 6.54 Å². The highest BCUT2D eigenvalue weighted by Crippen LogP contribution is 2.26. The van der Waals surface area contributed by atoms with E-state index in [0.29, 0.717) is 6.42 Å². The van der Waals surface area contributed by atoms with Crippen molar-refractivity contribution in [1.82, 2.24) is 16.0 Å². The molecule has 0 aliphatic rings. The Bertz CT molecular complexity index is 2180. The summed E-state index contributed by atoms with van der Waals surface area (Å²) in [6.45, 7) is 6.41. The van der Waals surface area contributed by atoms with E-state index >= 15 is 0 Å². The Morgan fingerprint density at radius 2 is 1.02 bits per heavy atom. The van der Waals surface area contributed by atoms with Crippen LogP contribution >= 0.6 is 0 Å². The predicted molar refractivity (Wildman–Crippen MR) is 247 cm³/mol. The van der Waals surface area contributed by atoms with E-state index in [1.165, 1.54) is 66.1 Å². The van der Waals surface area contributed by atoms with Crippen LogP contribution in [0, 0.1) is 0 Å². The number of unbranched alkanes of at least 4 members (excludes halogenated alkanes) is 2. The maximum atomic E-state index is 12.9. The van der Waals surface area contributed by atoms with Gasteiger partial charge in [0.15, 0.2) is 6.54 Å². The molecule has 0 saturated heterocycles. The second-order valence-electron chi connectivity index (χ2n) is 17.0. The van der Waals surface area contributed by atoms with E-state index in [-0.39, 0.29) is 13.3 Å². The first-order chi connectivity index (χ1) is 27.5. The fraction of sp³-hybridized carbons (Fsp3) is 0.449. The Balaban J connectivity index is 0.00000641. The summed E-state index contributed by atoms with van der Waals surface area (Å²) in [5, 5.41) is 14.9. The molecule has 0 spiro atoms. The first kappa shape index (κ1) is 44.3. The van der Waals surface area contributed by atoms with Crippen molar-refractivity contribution in [3.63, 3.8) is 0 Å². The van der Waals surface area contributed by atoms with Gasteiger partial charge in [0.05, 0.1) is 33.6 Å². The number of quaternary nitrogens is 1. The highest BCUT2D eigenvalue weighted by atomic mass is 16.1. The number of hydrogen-bond acceptors (Lipinski definition) is 5. The molecule has 0 unspecified atom stereocenters. The van der Waals surface area contributed by atoms with Gasteiger partial charge in [-0.15, -0.1) is 0 Å². The summed E-state index contributed by atoms with van der Waals surface area (Å²) in [4.78, 5) is 17.2.